The molecule has 0 aliphatic heterocycles. The molecule has 2 atom stereocenters. The van der Waals surface area contributed by atoms with E-state index in [1.54, 1.807) is 29.2 Å². The van der Waals surface area contributed by atoms with E-state index in [-0.39, 0.29) is 24.5 Å². The lowest BCUT2D eigenvalue weighted by Gasteiger charge is -2.32. The van der Waals surface area contributed by atoms with Gasteiger partial charge in [-0.3, -0.25) is 9.59 Å². The highest BCUT2D eigenvalue weighted by Gasteiger charge is 2.31. The van der Waals surface area contributed by atoms with Crippen LogP contribution < -0.4 is 10.1 Å². The summed E-state index contributed by atoms with van der Waals surface area (Å²) in [7, 11) is 0. The average molecular weight is 493 g/mol. The third kappa shape index (κ3) is 8.15. The average Bonchev–Trinajstić information content (AvgIpc) is 2.85. The number of ether oxygens (including phenoxy) is 1. The monoisotopic (exact) mass is 492 g/mol. The van der Waals surface area contributed by atoms with E-state index in [1.165, 1.54) is 0 Å². The zero-order chi connectivity index (χ0) is 25.2. The van der Waals surface area contributed by atoms with Crippen molar-refractivity contribution in [2.24, 2.45) is 0 Å². The minimum atomic E-state index is -0.692. The van der Waals surface area contributed by atoms with Gasteiger partial charge in [0.1, 0.15) is 11.8 Å². The molecule has 3 rings (SSSR count). The predicted molar refractivity (Wildman–Crippen MR) is 141 cm³/mol. The largest absolute Gasteiger partial charge is 0.484 e. The van der Waals surface area contributed by atoms with E-state index < -0.39 is 6.04 Å². The van der Waals surface area contributed by atoms with Crippen molar-refractivity contribution in [1.82, 2.24) is 10.2 Å². The highest BCUT2D eigenvalue weighted by atomic mass is 35.5. The van der Waals surface area contributed by atoms with Gasteiger partial charge in [-0.05, 0) is 49.6 Å². The maximum atomic E-state index is 13.6. The molecule has 0 aromatic heterocycles. The molecule has 184 valence electrons. The summed E-state index contributed by atoms with van der Waals surface area (Å²) in [4.78, 5) is 28.7. The standard InChI is InChI=1S/C29H33ClN2O3/c1-4-22(3)31-29(34)27(17-23-11-6-5-7-12-23)32(19-24-13-8-10-21(2)16-24)28(33)20-35-26-15-9-14-25(30)18-26/h5-16,18,22,27H,4,17,19-20H2,1-3H3,(H,31,34). The number of hydrogen-bond donors (Lipinski definition) is 1. The molecule has 6 heteroatoms. The lowest BCUT2D eigenvalue weighted by atomic mass is 10.0. The van der Waals surface area contributed by atoms with Gasteiger partial charge in [0.25, 0.3) is 5.91 Å². The van der Waals surface area contributed by atoms with Crippen LogP contribution in [0.15, 0.2) is 78.9 Å². The van der Waals surface area contributed by atoms with Gasteiger partial charge < -0.3 is 15.0 Å². The minimum absolute atomic E-state index is 0.000550. The number of amides is 2. The number of nitrogens with one attached hydrogen (secondary N) is 1. The third-order valence-electron chi connectivity index (χ3n) is 5.87. The smallest absolute Gasteiger partial charge is 0.261 e. The van der Waals surface area contributed by atoms with E-state index in [0.29, 0.717) is 23.7 Å². The van der Waals surface area contributed by atoms with Crippen molar-refractivity contribution in [3.63, 3.8) is 0 Å². The molecular formula is C29H33ClN2O3. The van der Waals surface area contributed by atoms with E-state index in [0.717, 1.165) is 23.1 Å². The van der Waals surface area contributed by atoms with Crippen LogP contribution in [-0.4, -0.2) is 35.4 Å². The number of hydrogen-bond acceptors (Lipinski definition) is 3. The van der Waals surface area contributed by atoms with Gasteiger partial charge >= 0.3 is 0 Å². The number of carbonyl (C=O) groups excluding carboxylic acids is 2. The second-order valence-corrected chi connectivity index (χ2v) is 9.22. The van der Waals surface area contributed by atoms with Crippen LogP contribution in [-0.2, 0) is 22.6 Å². The maximum Gasteiger partial charge on any atom is 0.261 e. The van der Waals surface area contributed by atoms with Crippen molar-refractivity contribution in [2.75, 3.05) is 6.61 Å². The summed E-state index contributed by atoms with van der Waals surface area (Å²) in [6, 6.07) is 24.0. The van der Waals surface area contributed by atoms with Gasteiger partial charge in [0.05, 0.1) is 0 Å². The van der Waals surface area contributed by atoms with Crippen LogP contribution in [0, 0.1) is 6.92 Å². The summed E-state index contributed by atoms with van der Waals surface area (Å²) in [5.41, 5.74) is 3.03. The molecule has 3 aromatic carbocycles. The van der Waals surface area contributed by atoms with E-state index >= 15 is 0 Å². The summed E-state index contributed by atoms with van der Waals surface area (Å²) in [5.74, 6) is 0.0590. The normalized spacial score (nSPS) is 12.5. The van der Waals surface area contributed by atoms with E-state index in [1.807, 2.05) is 75.4 Å². The number of aryl methyl sites for hydroxylation is 1. The minimum Gasteiger partial charge on any atom is -0.484 e. The zero-order valence-electron chi connectivity index (χ0n) is 20.5. The van der Waals surface area contributed by atoms with Crippen LogP contribution in [0.5, 0.6) is 5.75 Å². The Balaban J connectivity index is 1.91. The number of benzene rings is 3. The van der Waals surface area contributed by atoms with Gasteiger partial charge in [0.2, 0.25) is 5.91 Å². The van der Waals surface area contributed by atoms with Crippen molar-refractivity contribution in [3.05, 3.63) is 101 Å². The van der Waals surface area contributed by atoms with Crippen molar-refractivity contribution in [3.8, 4) is 5.75 Å². The van der Waals surface area contributed by atoms with E-state index in [4.69, 9.17) is 16.3 Å². The molecule has 0 radical (unpaired) electrons. The first-order valence-corrected chi connectivity index (χ1v) is 12.3. The lowest BCUT2D eigenvalue weighted by molar-refractivity contribution is -0.143. The molecule has 0 aliphatic rings. The Morgan fingerprint density at radius 2 is 1.69 bits per heavy atom. The Morgan fingerprint density at radius 3 is 2.37 bits per heavy atom. The molecule has 0 saturated heterocycles. The Bertz CT molecular complexity index is 1120. The fourth-order valence-electron chi connectivity index (χ4n) is 3.79. The van der Waals surface area contributed by atoms with Crippen LogP contribution in [0.3, 0.4) is 0 Å². The first-order valence-electron chi connectivity index (χ1n) is 11.9. The number of carbonyl (C=O) groups is 2. The van der Waals surface area contributed by atoms with Gasteiger partial charge in [0.15, 0.2) is 6.61 Å². The Morgan fingerprint density at radius 1 is 0.971 bits per heavy atom. The molecule has 0 bridgehead atoms. The molecule has 0 spiro atoms. The van der Waals surface area contributed by atoms with Gasteiger partial charge in [0, 0.05) is 24.0 Å². The van der Waals surface area contributed by atoms with Crippen molar-refractivity contribution in [2.45, 2.75) is 52.2 Å². The van der Waals surface area contributed by atoms with Gasteiger partial charge in [-0.2, -0.15) is 0 Å². The molecule has 1 N–H and O–H groups in total. The lowest BCUT2D eigenvalue weighted by Crippen LogP contribution is -2.53. The summed E-state index contributed by atoms with van der Waals surface area (Å²) in [6.07, 6.45) is 1.20. The Hall–Kier alpha value is -3.31. The maximum absolute atomic E-state index is 13.6. The zero-order valence-corrected chi connectivity index (χ0v) is 21.3. The molecule has 3 aromatic rings. The van der Waals surface area contributed by atoms with Crippen molar-refractivity contribution < 1.29 is 14.3 Å². The fourth-order valence-corrected chi connectivity index (χ4v) is 3.97. The van der Waals surface area contributed by atoms with Gasteiger partial charge in [-0.1, -0.05) is 84.8 Å². The Labute approximate surface area is 213 Å². The second kappa shape index (κ2) is 13.0. The first-order chi connectivity index (χ1) is 16.9. The molecule has 0 fully saturated rings. The molecule has 35 heavy (non-hydrogen) atoms. The number of halogens is 1. The second-order valence-electron chi connectivity index (χ2n) is 8.78. The quantitative estimate of drug-likeness (QED) is 0.380. The number of nitrogens with zero attached hydrogens (tertiary/aromatic N) is 1. The van der Waals surface area contributed by atoms with Gasteiger partial charge in [-0.15, -0.1) is 0 Å². The third-order valence-corrected chi connectivity index (χ3v) is 6.10. The molecule has 0 saturated carbocycles. The molecule has 0 heterocycles. The Kier molecular flexibility index (Phi) is 9.74. The van der Waals surface area contributed by atoms with Crippen molar-refractivity contribution >= 4 is 23.4 Å². The highest BCUT2D eigenvalue weighted by Crippen LogP contribution is 2.19. The molecule has 2 amide bonds. The summed E-state index contributed by atoms with van der Waals surface area (Å²) >= 11 is 6.06. The fraction of sp³-hybridized carbons (Fsp3) is 0.310. The van der Waals surface area contributed by atoms with E-state index in [2.05, 4.69) is 5.32 Å². The molecule has 0 aliphatic carbocycles. The SMILES string of the molecule is CCC(C)NC(=O)C(Cc1ccccc1)N(Cc1cccc(C)c1)C(=O)COc1cccc(Cl)c1. The summed E-state index contributed by atoms with van der Waals surface area (Å²) < 4.78 is 5.77. The van der Waals surface area contributed by atoms with Crippen LogP contribution >= 0.6 is 11.6 Å². The van der Waals surface area contributed by atoms with Crippen LogP contribution in [0.4, 0.5) is 0 Å². The van der Waals surface area contributed by atoms with Crippen LogP contribution in [0.1, 0.15) is 37.0 Å². The molecular weight excluding hydrogens is 460 g/mol. The predicted octanol–water partition coefficient (Wildman–Crippen LogP) is 5.58. The summed E-state index contributed by atoms with van der Waals surface area (Å²) in [5, 5.41) is 3.60. The van der Waals surface area contributed by atoms with Crippen LogP contribution in [0.2, 0.25) is 5.02 Å². The molecule has 2 unspecified atom stereocenters. The van der Waals surface area contributed by atoms with Gasteiger partial charge in [-0.25, -0.2) is 0 Å². The van der Waals surface area contributed by atoms with E-state index in [9.17, 15) is 9.59 Å². The molecule has 5 nitrogen and oxygen atoms in total. The van der Waals surface area contributed by atoms with Crippen molar-refractivity contribution in [1.29, 1.82) is 0 Å². The topological polar surface area (TPSA) is 58.6 Å². The first kappa shape index (κ1) is 26.3. The highest BCUT2D eigenvalue weighted by molar-refractivity contribution is 6.30. The summed E-state index contributed by atoms with van der Waals surface area (Å²) in [6.45, 7) is 6.09. The number of rotatable bonds is 11. The van der Waals surface area contributed by atoms with Crippen LogP contribution in [0.25, 0.3) is 0 Å².